The fraction of sp³-hybridized carbons (Fsp3) is 0.636. The van der Waals surface area contributed by atoms with Gasteiger partial charge in [0, 0.05) is 28.9 Å². The summed E-state index contributed by atoms with van der Waals surface area (Å²) < 4.78 is 11.2. The van der Waals surface area contributed by atoms with E-state index < -0.39 is 10.8 Å². The van der Waals surface area contributed by atoms with E-state index in [1.54, 1.807) is 0 Å². The summed E-state index contributed by atoms with van der Waals surface area (Å²) in [6, 6.07) is 0. The maximum absolute atomic E-state index is 11.8. The summed E-state index contributed by atoms with van der Waals surface area (Å²) in [5, 5.41) is 9.35. The van der Waals surface area contributed by atoms with Crippen LogP contribution < -0.4 is 11.1 Å². The van der Waals surface area contributed by atoms with Crippen LogP contribution in [0.25, 0.3) is 0 Å². The summed E-state index contributed by atoms with van der Waals surface area (Å²) in [4.78, 5) is 11.8. The Kier molecular flexibility index (Phi) is 5.84. The van der Waals surface area contributed by atoms with Gasteiger partial charge in [0.15, 0.2) is 5.69 Å². The number of aryl methyl sites for hydroxylation is 1. The highest BCUT2D eigenvalue weighted by atomic mass is 32.2. The van der Waals surface area contributed by atoms with Crippen molar-refractivity contribution in [3.8, 4) is 0 Å². The first-order chi connectivity index (χ1) is 8.60. The molecule has 7 heteroatoms. The highest BCUT2D eigenvalue weighted by molar-refractivity contribution is 7.84. The van der Waals surface area contributed by atoms with Crippen molar-refractivity contribution in [2.45, 2.75) is 26.7 Å². The Morgan fingerprint density at radius 1 is 1.50 bits per heavy atom. The molecule has 18 heavy (non-hydrogen) atoms. The summed E-state index contributed by atoms with van der Waals surface area (Å²) in [6.07, 6.45) is 1.70. The molecule has 102 valence electrons. The first-order valence-corrected chi connectivity index (χ1v) is 7.54. The molecule has 0 aromatic carbocycles. The smallest absolute Gasteiger partial charge is 0.273 e. The molecule has 1 rings (SSSR count). The van der Waals surface area contributed by atoms with Gasteiger partial charge in [-0.25, -0.2) is 0 Å². The Morgan fingerprint density at radius 3 is 2.83 bits per heavy atom. The normalized spacial score (nSPS) is 12.3. The number of nitrogen functional groups attached to an aromatic ring is 1. The van der Waals surface area contributed by atoms with Gasteiger partial charge in [-0.15, -0.1) is 0 Å². The van der Waals surface area contributed by atoms with Crippen LogP contribution in [-0.2, 0) is 17.2 Å². The van der Waals surface area contributed by atoms with Crippen molar-refractivity contribution in [3.63, 3.8) is 0 Å². The Bertz CT molecular complexity index is 431. The highest BCUT2D eigenvalue weighted by Crippen LogP contribution is 2.15. The second kappa shape index (κ2) is 7.15. The van der Waals surface area contributed by atoms with Crippen LogP contribution in [0.15, 0.2) is 0 Å². The van der Waals surface area contributed by atoms with Gasteiger partial charge in [-0.05, 0) is 6.42 Å². The van der Waals surface area contributed by atoms with Gasteiger partial charge in [0.2, 0.25) is 0 Å². The Balaban J connectivity index is 2.54. The number of amides is 1. The van der Waals surface area contributed by atoms with E-state index in [0.717, 1.165) is 18.5 Å². The number of carbonyl (C=O) groups is 1. The average Bonchev–Trinajstić information content (AvgIpc) is 2.71. The SMILES string of the molecule is CCCc1[nH]nc(C(=O)NCCS(=O)CC)c1N. The molecular weight excluding hydrogens is 252 g/mol. The monoisotopic (exact) mass is 272 g/mol. The van der Waals surface area contributed by atoms with Gasteiger partial charge in [0.25, 0.3) is 5.91 Å². The quantitative estimate of drug-likeness (QED) is 0.670. The molecular formula is C11H20N4O2S. The molecule has 0 saturated heterocycles. The fourth-order valence-corrected chi connectivity index (χ4v) is 2.13. The lowest BCUT2D eigenvalue weighted by Gasteiger charge is -2.03. The predicted octanol–water partition coefficient (Wildman–Crippen LogP) is 0.443. The van der Waals surface area contributed by atoms with Crippen molar-refractivity contribution in [2.75, 3.05) is 23.8 Å². The number of anilines is 1. The molecule has 1 heterocycles. The van der Waals surface area contributed by atoms with Crippen LogP contribution in [0.3, 0.4) is 0 Å². The van der Waals surface area contributed by atoms with Crippen molar-refractivity contribution >= 4 is 22.4 Å². The fourth-order valence-electron chi connectivity index (χ4n) is 1.51. The average molecular weight is 272 g/mol. The second-order valence-corrected chi connectivity index (χ2v) is 5.77. The lowest BCUT2D eigenvalue weighted by molar-refractivity contribution is 0.0952. The third kappa shape index (κ3) is 3.83. The second-order valence-electron chi connectivity index (χ2n) is 3.90. The molecule has 1 aromatic rings. The molecule has 6 nitrogen and oxygen atoms in total. The topological polar surface area (TPSA) is 101 Å². The zero-order valence-electron chi connectivity index (χ0n) is 10.8. The zero-order valence-corrected chi connectivity index (χ0v) is 11.6. The van der Waals surface area contributed by atoms with Crippen LogP contribution in [0.1, 0.15) is 36.5 Å². The van der Waals surface area contributed by atoms with E-state index in [1.807, 2.05) is 13.8 Å². The minimum absolute atomic E-state index is 0.223. The zero-order chi connectivity index (χ0) is 13.5. The summed E-state index contributed by atoms with van der Waals surface area (Å²) in [5.41, 5.74) is 7.26. The Labute approximate surface area is 109 Å². The van der Waals surface area contributed by atoms with Crippen LogP contribution in [0, 0.1) is 0 Å². The van der Waals surface area contributed by atoms with Gasteiger partial charge in [-0.1, -0.05) is 20.3 Å². The summed E-state index contributed by atoms with van der Waals surface area (Å²) in [7, 11) is -0.877. The third-order valence-corrected chi connectivity index (χ3v) is 3.84. The molecule has 1 aromatic heterocycles. The van der Waals surface area contributed by atoms with Crippen molar-refractivity contribution in [3.05, 3.63) is 11.4 Å². The van der Waals surface area contributed by atoms with E-state index >= 15 is 0 Å². The first-order valence-electron chi connectivity index (χ1n) is 6.06. The van der Waals surface area contributed by atoms with Crippen LogP contribution in [0.5, 0.6) is 0 Å². The molecule has 0 aliphatic rings. The van der Waals surface area contributed by atoms with Crippen LogP contribution in [0.4, 0.5) is 5.69 Å². The number of hydrogen-bond acceptors (Lipinski definition) is 4. The van der Waals surface area contributed by atoms with E-state index in [9.17, 15) is 9.00 Å². The maximum Gasteiger partial charge on any atom is 0.273 e. The predicted molar refractivity (Wildman–Crippen MR) is 72.9 cm³/mol. The Hall–Kier alpha value is -1.37. The minimum Gasteiger partial charge on any atom is -0.395 e. The molecule has 1 atom stereocenters. The van der Waals surface area contributed by atoms with E-state index in [1.165, 1.54) is 0 Å². The van der Waals surface area contributed by atoms with Crippen LogP contribution in [0.2, 0.25) is 0 Å². The van der Waals surface area contributed by atoms with Gasteiger partial charge >= 0.3 is 0 Å². The lowest BCUT2D eigenvalue weighted by Crippen LogP contribution is -2.28. The largest absolute Gasteiger partial charge is 0.395 e. The number of aromatic amines is 1. The first kappa shape index (κ1) is 14.7. The van der Waals surface area contributed by atoms with E-state index in [0.29, 0.717) is 23.7 Å². The third-order valence-electron chi connectivity index (χ3n) is 2.54. The number of nitrogens with two attached hydrogens (primary N) is 1. The number of hydrogen-bond donors (Lipinski definition) is 3. The number of aromatic nitrogens is 2. The van der Waals surface area contributed by atoms with Crippen LogP contribution >= 0.6 is 0 Å². The molecule has 4 N–H and O–H groups in total. The van der Waals surface area contributed by atoms with E-state index in [2.05, 4.69) is 15.5 Å². The Morgan fingerprint density at radius 2 is 2.22 bits per heavy atom. The van der Waals surface area contributed by atoms with Crippen molar-refractivity contribution < 1.29 is 9.00 Å². The minimum atomic E-state index is -0.877. The van der Waals surface area contributed by atoms with Gasteiger partial charge in [-0.2, -0.15) is 5.10 Å². The van der Waals surface area contributed by atoms with Gasteiger partial charge < -0.3 is 11.1 Å². The molecule has 1 unspecified atom stereocenters. The number of carbonyl (C=O) groups excluding carboxylic acids is 1. The van der Waals surface area contributed by atoms with Gasteiger partial charge in [0.1, 0.15) is 0 Å². The lowest BCUT2D eigenvalue weighted by atomic mass is 10.2. The van der Waals surface area contributed by atoms with Crippen molar-refractivity contribution in [1.29, 1.82) is 0 Å². The molecule has 1 amide bonds. The van der Waals surface area contributed by atoms with E-state index in [4.69, 9.17) is 5.73 Å². The summed E-state index contributed by atoms with van der Waals surface area (Å²) in [5.74, 6) is 0.731. The number of rotatable bonds is 7. The van der Waals surface area contributed by atoms with Crippen molar-refractivity contribution in [1.82, 2.24) is 15.5 Å². The highest BCUT2D eigenvalue weighted by Gasteiger charge is 2.16. The molecule has 0 aliphatic carbocycles. The standard InChI is InChI=1S/C11H20N4O2S/c1-3-5-8-9(12)10(15-14-8)11(16)13-6-7-18(17)4-2/h3-7,12H2,1-2H3,(H,13,16)(H,14,15). The van der Waals surface area contributed by atoms with Gasteiger partial charge in [0.05, 0.1) is 11.4 Å². The maximum atomic E-state index is 11.8. The number of nitrogens with one attached hydrogen (secondary N) is 2. The van der Waals surface area contributed by atoms with Crippen LogP contribution in [-0.4, -0.2) is 38.4 Å². The molecule has 0 fully saturated rings. The number of nitrogens with zero attached hydrogens (tertiary/aromatic N) is 1. The van der Waals surface area contributed by atoms with Crippen molar-refractivity contribution in [2.24, 2.45) is 0 Å². The molecule has 0 spiro atoms. The molecule has 0 bridgehead atoms. The van der Waals surface area contributed by atoms with Gasteiger partial charge in [-0.3, -0.25) is 14.1 Å². The molecule has 0 aliphatic heterocycles. The number of H-pyrrole nitrogens is 1. The van der Waals surface area contributed by atoms with E-state index in [-0.39, 0.29) is 11.6 Å². The molecule has 0 radical (unpaired) electrons. The molecule has 0 saturated carbocycles. The summed E-state index contributed by atoms with van der Waals surface area (Å²) >= 11 is 0. The summed E-state index contributed by atoms with van der Waals surface area (Å²) in [6.45, 7) is 4.25.